The van der Waals surface area contributed by atoms with Gasteiger partial charge < -0.3 is 14.2 Å². The predicted octanol–water partition coefficient (Wildman–Crippen LogP) is 8.14. The van der Waals surface area contributed by atoms with Crippen LogP contribution in [0.4, 0.5) is 17.6 Å². The van der Waals surface area contributed by atoms with E-state index in [1.54, 1.807) is 27.7 Å². The molecule has 4 rings (SSSR count). The monoisotopic (exact) mass is 666 g/mol. The highest BCUT2D eigenvalue weighted by atomic mass is 35.5. The van der Waals surface area contributed by atoms with Crippen molar-refractivity contribution in [1.82, 2.24) is 9.13 Å². The van der Waals surface area contributed by atoms with Gasteiger partial charge in [0.05, 0.1) is 28.1 Å². The lowest BCUT2D eigenvalue weighted by Crippen LogP contribution is -2.29. The Morgan fingerprint density at radius 2 is 1.16 bits per heavy atom. The number of aliphatic hydroxyl groups is 1. The Morgan fingerprint density at radius 1 is 0.756 bits per heavy atom. The average Bonchev–Trinajstić information content (AvgIpc) is 3.00. The van der Waals surface area contributed by atoms with Gasteiger partial charge in [0.25, 0.3) is 11.1 Å². The largest absolute Gasteiger partial charge is 0.385 e. The quantitative estimate of drug-likeness (QED) is 0.152. The number of benzene rings is 2. The van der Waals surface area contributed by atoms with E-state index in [9.17, 15) is 37.1 Å². The highest BCUT2D eigenvalue weighted by Crippen LogP contribution is 2.37. The highest BCUT2D eigenvalue weighted by molar-refractivity contribution is 6.31. The summed E-state index contributed by atoms with van der Waals surface area (Å²) in [6.45, 7) is 8.48. The Morgan fingerprint density at radius 3 is 1.56 bits per heavy atom. The zero-order valence-electron chi connectivity index (χ0n) is 25.3. The first kappa shape index (κ1) is 35.7. The fourth-order valence-corrected chi connectivity index (χ4v) is 5.28. The summed E-state index contributed by atoms with van der Waals surface area (Å²) >= 11 is 11.8. The van der Waals surface area contributed by atoms with Crippen molar-refractivity contribution in [2.45, 2.75) is 66.2 Å². The molecular formula is C33H32Cl2F4N2O4. The molecule has 4 aromatic rings. The van der Waals surface area contributed by atoms with Gasteiger partial charge in [-0.1, -0.05) is 49.2 Å². The molecular weight excluding hydrogens is 635 g/mol. The van der Waals surface area contributed by atoms with E-state index >= 15 is 0 Å². The van der Waals surface area contributed by atoms with Crippen LogP contribution in [0, 0.1) is 23.3 Å². The fraction of sp³-hybridized carbons (Fsp3) is 0.303. The van der Waals surface area contributed by atoms with Crippen LogP contribution in [-0.2, 0) is 18.7 Å². The van der Waals surface area contributed by atoms with E-state index in [1.807, 2.05) is 0 Å². The second kappa shape index (κ2) is 14.6. The maximum atomic E-state index is 14.3. The third-order valence-corrected chi connectivity index (χ3v) is 7.95. The van der Waals surface area contributed by atoms with E-state index in [4.69, 9.17) is 23.2 Å². The van der Waals surface area contributed by atoms with Crippen molar-refractivity contribution in [2.24, 2.45) is 0 Å². The Bertz CT molecular complexity index is 1830. The Kier molecular flexibility index (Phi) is 11.6. The van der Waals surface area contributed by atoms with Gasteiger partial charge in [-0.15, -0.1) is 0 Å². The molecule has 45 heavy (non-hydrogen) atoms. The number of carbonyl (C=O) groups excluding carboxylic acids is 1. The minimum atomic E-state index is -1.39. The van der Waals surface area contributed by atoms with Gasteiger partial charge in [0.2, 0.25) is 0 Å². The van der Waals surface area contributed by atoms with Crippen LogP contribution in [0.2, 0.25) is 10.0 Å². The molecule has 2 aromatic carbocycles. The van der Waals surface area contributed by atoms with Gasteiger partial charge in [-0.05, 0) is 63.6 Å². The Balaban J connectivity index is 0.000000246. The molecule has 12 heteroatoms. The van der Waals surface area contributed by atoms with Crippen molar-refractivity contribution in [3.05, 3.63) is 114 Å². The second-order valence-corrected chi connectivity index (χ2v) is 11.0. The maximum absolute atomic E-state index is 14.3. The summed E-state index contributed by atoms with van der Waals surface area (Å²) in [4.78, 5) is 36.6. The van der Waals surface area contributed by atoms with Crippen LogP contribution in [0.1, 0.15) is 63.4 Å². The molecule has 240 valence electrons. The van der Waals surface area contributed by atoms with Crippen molar-refractivity contribution in [3.8, 4) is 22.5 Å². The van der Waals surface area contributed by atoms with Crippen molar-refractivity contribution in [3.63, 3.8) is 0 Å². The zero-order valence-corrected chi connectivity index (χ0v) is 26.8. The van der Waals surface area contributed by atoms with E-state index < -0.39 is 45.6 Å². The van der Waals surface area contributed by atoms with Gasteiger partial charge in [0, 0.05) is 30.6 Å². The number of halogens is 6. The Hall–Kier alpha value is -3.73. The highest BCUT2D eigenvalue weighted by Gasteiger charge is 2.30. The standard InChI is InChI=1S/C17H18ClF2NO2.C16H14ClF2NO2/c1-4-17(3,23)10-9-11(18)16(22)21(5-2)15(10)14-12(19)7-6-8-13(14)20;1-3-13(21)9-8-10(17)16(22)20(4-2)15(9)14-11(18)6-5-7-12(14)19/h6-9,23H,4-5H2,1-3H3;5-8H,3-4H2,1-2H3. The molecule has 1 unspecified atom stereocenters. The van der Waals surface area contributed by atoms with Crippen molar-refractivity contribution < 1.29 is 27.5 Å². The van der Waals surface area contributed by atoms with Crippen LogP contribution >= 0.6 is 23.2 Å². The molecule has 0 aliphatic carbocycles. The molecule has 0 amide bonds. The second-order valence-electron chi connectivity index (χ2n) is 10.2. The number of Topliss-reactive ketones (excluding diaryl/α,β-unsaturated/α-hetero) is 1. The van der Waals surface area contributed by atoms with E-state index in [-0.39, 0.29) is 69.8 Å². The molecule has 2 aromatic heterocycles. The third-order valence-electron chi connectivity index (χ3n) is 7.41. The summed E-state index contributed by atoms with van der Waals surface area (Å²) < 4.78 is 59.1. The van der Waals surface area contributed by atoms with E-state index in [2.05, 4.69) is 0 Å². The summed E-state index contributed by atoms with van der Waals surface area (Å²) in [7, 11) is 0. The normalized spacial score (nSPS) is 12.4. The summed E-state index contributed by atoms with van der Waals surface area (Å²) in [5.74, 6) is -3.63. The van der Waals surface area contributed by atoms with Crippen molar-refractivity contribution in [2.75, 3.05) is 0 Å². The summed E-state index contributed by atoms with van der Waals surface area (Å²) in [5, 5.41) is 10.4. The minimum absolute atomic E-state index is 0.0179. The molecule has 1 atom stereocenters. The molecule has 1 N–H and O–H groups in total. The summed E-state index contributed by atoms with van der Waals surface area (Å²) in [6, 6.07) is 9.33. The molecule has 2 heterocycles. The number of rotatable bonds is 8. The molecule has 6 nitrogen and oxygen atoms in total. The lowest BCUT2D eigenvalue weighted by atomic mass is 9.89. The molecule has 0 spiro atoms. The van der Waals surface area contributed by atoms with Gasteiger partial charge in [-0.25, -0.2) is 17.6 Å². The van der Waals surface area contributed by atoms with Gasteiger partial charge in [0.1, 0.15) is 33.3 Å². The first-order chi connectivity index (χ1) is 21.2. The molecule has 0 bridgehead atoms. The first-order valence-electron chi connectivity index (χ1n) is 14.2. The van der Waals surface area contributed by atoms with Crippen LogP contribution in [0.25, 0.3) is 22.5 Å². The Labute approximate surface area is 267 Å². The predicted molar refractivity (Wildman–Crippen MR) is 168 cm³/mol. The topological polar surface area (TPSA) is 81.3 Å². The number of nitrogens with zero attached hydrogens (tertiary/aromatic N) is 2. The molecule has 0 saturated carbocycles. The van der Waals surface area contributed by atoms with Gasteiger partial charge in [0.15, 0.2) is 5.78 Å². The number of pyridine rings is 2. The maximum Gasteiger partial charge on any atom is 0.269 e. The number of aromatic nitrogens is 2. The van der Waals surface area contributed by atoms with Crippen molar-refractivity contribution >= 4 is 29.0 Å². The SMILES string of the molecule is CCC(=O)c1cc(Cl)c(=O)n(CC)c1-c1c(F)cccc1F.CCn1c(-c2c(F)cccc2F)c(C(C)(O)CC)cc(Cl)c1=O. The van der Waals surface area contributed by atoms with E-state index in [0.29, 0.717) is 0 Å². The van der Waals surface area contributed by atoms with Gasteiger partial charge in [-0.3, -0.25) is 14.4 Å². The summed E-state index contributed by atoms with van der Waals surface area (Å²) in [6.07, 6.45) is 0.412. The van der Waals surface area contributed by atoms with Crippen molar-refractivity contribution in [1.29, 1.82) is 0 Å². The van der Waals surface area contributed by atoms with Crippen LogP contribution < -0.4 is 11.1 Å². The first-order valence-corrected chi connectivity index (χ1v) is 14.9. The molecule has 0 aliphatic heterocycles. The average molecular weight is 668 g/mol. The lowest BCUT2D eigenvalue weighted by molar-refractivity contribution is 0.0530. The number of hydrogen-bond donors (Lipinski definition) is 1. The smallest absolute Gasteiger partial charge is 0.269 e. The minimum Gasteiger partial charge on any atom is -0.385 e. The van der Waals surface area contributed by atoms with Gasteiger partial charge in [-0.2, -0.15) is 0 Å². The molecule has 0 radical (unpaired) electrons. The third kappa shape index (κ3) is 7.08. The molecule has 0 aliphatic rings. The zero-order chi connectivity index (χ0) is 33.8. The summed E-state index contributed by atoms with van der Waals surface area (Å²) in [5.41, 5.74) is -3.06. The van der Waals surface area contributed by atoms with E-state index in [0.717, 1.165) is 28.8 Å². The van der Waals surface area contributed by atoms with Crippen LogP contribution in [-0.4, -0.2) is 20.0 Å². The molecule has 0 saturated heterocycles. The fourth-order valence-electron chi connectivity index (χ4n) is 4.86. The van der Waals surface area contributed by atoms with Gasteiger partial charge >= 0.3 is 0 Å². The van der Waals surface area contributed by atoms with Crippen LogP contribution in [0.3, 0.4) is 0 Å². The van der Waals surface area contributed by atoms with Crippen LogP contribution in [0.15, 0.2) is 58.1 Å². The number of hydrogen-bond acceptors (Lipinski definition) is 4. The number of ketones is 1. The lowest BCUT2D eigenvalue weighted by Gasteiger charge is -2.27. The number of carbonyl (C=O) groups is 1. The van der Waals surface area contributed by atoms with Crippen LogP contribution in [0.5, 0.6) is 0 Å². The van der Waals surface area contributed by atoms with E-state index in [1.165, 1.54) is 35.8 Å². The molecule has 0 fully saturated rings.